The Labute approximate surface area is 122 Å². The molecule has 2 atom stereocenters. The van der Waals surface area contributed by atoms with Crippen LogP contribution in [0.4, 0.5) is 0 Å². The Morgan fingerprint density at radius 1 is 1.00 bits per heavy atom. The summed E-state index contributed by atoms with van der Waals surface area (Å²) in [5.74, 6) is 0.180. The summed E-state index contributed by atoms with van der Waals surface area (Å²) in [5.41, 5.74) is 0. The van der Waals surface area contributed by atoms with E-state index in [1.165, 1.54) is 12.8 Å². The summed E-state index contributed by atoms with van der Waals surface area (Å²) < 4.78 is 32.3. The van der Waals surface area contributed by atoms with Gasteiger partial charge in [0, 0.05) is 25.7 Å². The van der Waals surface area contributed by atoms with Crippen molar-refractivity contribution in [2.75, 3.05) is 38.5 Å². The minimum absolute atomic E-state index is 0.0837. The fraction of sp³-hybridized carbons (Fsp3) is 1.00. The summed E-state index contributed by atoms with van der Waals surface area (Å²) in [6.07, 6.45) is 6.49. The molecule has 0 aromatic carbocycles. The molecule has 0 aromatic heterocycles. The summed E-state index contributed by atoms with van der Waals surface area (Å²) in [7, 11) is -3.14. The topological polar surface area (TPSA) is 49.9 Å². The van der Waals surface area contributed by atoms with Crippen molar-refractivity contribution in [3.8, 4) is 0 Å². The van der Waals surface area contributed by atoms with Crippen molar-refractivity contribution in [2.24, 2.45) is 0 Å². The van der Waals surface area contributed by atoms with Crippen LogP contribution in [0.25, 0.3) is 0 Å². The summed E-state index contributed by atoms with van der Waals surface area (Å²) in [6, 6.07) is 0.444. The zero-order chi connectivity index (χ0) is 14.0. The van der Waals surface area contributed by atoms with E-state index in [2.05, 4.69) is 4.90 Å². The van der Waals surface area contributed by atoms with Crippen LogP contribution in [0, 0.1) is 0 Å². The van der Waals surface area contributed by atoms with Gasteiger partial charge < -0.3 is 4.74 Å². The molecule has 20 heavy (non-hydrogen) atoms. The van der Waals surface area contributed by atoms with Crippen molar-refractivity contribution >= 4 is 10.0 Å². The average Bonchev–Trinajstić information content (AvgIpc) is 3.11. The van der Waals surface area contributed by atoms with Gasteiger partial charge in [-0.3, -0.25) is 4.90 Å². The van der Waals surface area contributed by atoms with Gasteiger partial charge in [-0.1, -0.05) is 0 Å². The first-order chi connectivity index (χ1) is 9.65. The highest BCUT2D eigenvalue weighted by atomic mass is 32.2. The Hall–Kier alpha value is -0.170. The van der Waals surface area contributed by atoms with Crippen molar-refractivity contribution in [3.63, 3.8) is 0 Å². The van der Waals surface area contributed by atoms with Crippen LogP contribution in [0.15, 0.2) is 0 Å². The second-order valence-electron chi connectivity index (χ2n) is 6.31. The molecule has 0 bridgehead atoms. The second-order valence-corrected chi connectivity index (χ2v) is 8.32. The van der Waals surface area contributed by atoms with E-state index in [-0.39, 0.29) is 11.9 Å². The number of rotatable bonds is 4. The second kappa shape index (κ2) is 6.30. The van der Waals surface area contributed by atoms with Gasteiger partial charge in [0.2, 0.25) is 10.0 Å². The molecule has 0 aliphatic carbocycles. The third-order valence-electron chi connectivity index (χ3n) is 4.85. The van der Waals surface area contributed by atoms with Gasteiger partial charge in [0.1, 0.15) is 0 Å². The van der Waals surface area contributed by atoms with Gasteiger partial charge in [0.05, 0.1) is 11.9 Å². The lowest BCUT2D eigenvalue weighted by molar-refractivity contribution is 0.0299. The molecule has 5 nitrogen and oxygen atoms in total. The lowest BCUT2D eigenvalue weighted by atomic mass is 10.1. The van der Waals surface area contributed by atoms with Crippen LogP contribution >= 0.6 is 0 Å². The molecule has 3 aliphatic heterocycles. The molecule has 3 fully saturated rings. The third kappa shape index (κ3) is 3.35. The maximum absolute atomic E-state index is 12.5. The van der Waals surface area contributed by atoms with E-state index in [1.807, 2.05) is 0 Å². The van der Waals surface area contributed by atoms with Crippen molar-refractivity contribution in [2.45, 2.75) is 50.7 Å². The molecule has 6 heteroatoms. The summed E-state index contributed by atoms with van der Waals surface area (Å²) >= 11 is 0. The van der Waals surface area contributed by atoms with E-state index in [0.29, 0.717) is 19.1 Å². The first-order valence-electron chi connectivity index (χ1n) is 7.99. The summed E-state index contributed by atoms with van der Waals surface area (Å²) in [5, 5.41) is 0. The zero-order valence-electron chi connectivity index (χ0n) is 12.2. The Morgan fingerprint density at radius 3 is 2.50 bits per heavy atom. The van der Waals surface area contributed by atoms with E-state index in [9.17, 15) is 8.42 Å². The van der Waals surface area contributed by atoms with Crippen molar-refractivity contribution < 1.29 is 13.2 Å². The van der Waals surface area contributed by atoms with Crippen LogP contribution in [0.5, 0.6) is 0 Å². The SMILES string of the molecule is O=S(=O)(C[C@H]1CCCCO1)N1CC[C@H](N2CCCC2)C1. The Morgan fingerprint density at radius 2 is 1.80 bits per heavy atom. The van der Waals surface area contributed by atoms with Crippen LogP contribution in [0.2, 0.25) is 0 Å². The molecule has 3 heterocycles. The minimum Gasteiger partial charge on any atom is -0.377 e. The number of hydrogen-bond donors (Lipinski definition) is 0. The van der Waals surface area contributed by atoms with E-state index in [0.717, 1.165) is 45.4 Å². The van der Waals surface area contributed by atoms with Crippen molar-refractivity contribution in [3.05, 3.63) is 0 Å². The standard InChI is InChI=1S/C14H26N2O3S/c17-20(18,12-14-5-1-4-10-19-14)16-9-6-13(11-16)15-7-2-3-8-15/h13-14H,1-12H2/t13-,14+/m0/s1. The van der Waals surface area contributed by atoms with Gasteiger partial charge in [-0.2, -0.15) is 0 Å². The van der Waals surface area contributed by atoms with E-state index >= 15 is 0 Å². The lowest BCUT2D eigenvalue weighted by Crippen LogP contribution is -2.40. The summed E-state index contributed by atoms with van der Waals surface area (Å²) in [6.45, 7) is 4.39. The van der Waals surface area contributed by atoms with Gasteiger partial charge >= 0.3 is 0 Å². The molecule has 0 radical (unpaired) electrons. The molecule has 0 N–H and O–H groups in total. The Balaban J connectivity index is 1.55. The van der Waals surface area contributed by atoms with E-state index in [4.69, 9.17) is 4.74 Å². The molecular formula is C14H26N2O3S. The monoisotopic (exact) mass is 302 g/mol. The van der Waals surface area contributed by atoms with Crippen molar-refractivity contribution in [1.82, 2.24) is 9.21 Å². The number of sulfonamides is 1. The molecule has 3 saturated heterocycles. The molecule has 0 amide bonds. The first-order valence-corrected chi connectivity index (χ1v) is 9.59. The Kier molecular flexibility index (Phi) is 4.65. The molecule has 0 aromatic rings. The Bertz CT molecular complexity index is 414. The quantitative estimate of drug-likeness (QED) is 0.779. The number of likely N-dealkylation sites (tertiary alicyclic amines) is 1. The number of ether oxygens (including phenoxy) is 1. The van der Waals surface area contributed by atoms with Crippen LogP contribution in [0.1, 0.15) is 38.5 Å². The van der Waals surface area contributed by atoms with Crippen molar-refractivity contribution in [1.29, 1.82) is 0 Å². The molecule has 3 aliphatic rings. The largest absolute Gasteiger partial charge is 0.377 e. The number of nitrogens with zero attached hydrogens (tertiary/aromatic N) is 2. The van der Waals surface area contributed by atoms with E-state index in [1.54, 1.807) is 4.31 Å². The predicted molar refractivity (Wildman–Crippen MR) is 78.2 cm³/mol. The fourth-order valence-corrected chi connectivity index (χ4v) is 5.37. The highest BCUT2D eigenvalue weighted by Gasteiger charge is 2.36. The predicted octanol–water partition coefficient (Wildman–Crippen LogP) is 1.06. The van der Waals surface area contributed by atoms with Gasteiger partial charge in [-0.25, -0.2) is 12.7 Å². The smallest absolute Gasteiger partial charge is 0.216 e. The van der Waals surface area contributed by atoms with Crippen LogP contribution < -0.4 is 0 Å². The molecule has 0 unspecified atom stereocenters. The molecule has 0 spiro atoms. The lowest BCUT2D eigenvalue weighted by Gasteiger charge is -2.26. The normalized spacial score (nSPS) is 33.8. The summed E-state index contributed by atoms with van der Waals surface area (Å²) in [4.78, 5) is 2.46. The average molecular weight is 302 g/mol. The maximum atomic E-state index is 12.5. The fourth-order valence-electron chi connectivity index (χ4n) is 3.65. The van der Waals surface area contributed by atoms with Gasteiger partial charge in [-0.05, 0) is 51.6 Å². The highest BCUT2D eigenvalue weighted by molar-refractivity contribution is 7.89. The minimum atomic E-state index is -3.14. The van der Waals surface area contributed by atoms with Crippen LogP contribution in [0.3, 0.4) is 0 Å². The van der Waals surface area contributed by atoms with Crippen LogP contribution in [-0.4, -0.2) is 68.3 Å². The highest BCUT2D eigenvalue weighted by Crippen LogP contribution is 2.24. The first kappa shape index (κ1) is 14.8. The molecule has 116 valence electrons. The third-order valence-corrected chi connectivity index (χ3v) is 6.76. The van der Waals surface area contributed by atoms with Gasteiger partial charge in [0.15, 0.2) is 0 Å². The van der Waals surface area contributed by atoms with E-state index < -0.39 is 10.0 Å². The molecule has 0 saturated carbocycles. The maximum Gasteiger partial charge on any atom is 0.216 e. The van der Waals surface area contributed by atoms with Crippen LogP contribution in [-0.2, 0) is 14.8 Å². The molecular weight excluding hydrogens is 276 g/mol. The zero-order valence-corrected chi connectivity index (χ0v) is 13.0. The number of hydrogen-bond acceptors (Lipinski definition) is 4. The molecule has 3 rings (SSSR count). The van der Waals surface area contributed by atoms with Gasteiger partial charge in [-0.15, -0.1) is 0 Å². The van der Waals surface area contributed by atoms with Gasteiger partial charge in [0.25, 0.3) is 0 Å².